The van der Waals surface area contributed by atoms with Gasteiger partial charge in [-0.1, -0.05) is 12.1 Å². The van der Waals surface area contributed by atoms with Crippen LogP contribution in [0.2, 0.25) is 0 Å². The molecule has 1 heterocycles. The lowest BCUT2D eigenvalue weighted by molar-refractivity contribution is -0.907. The Morgan fingerprint density at radius 2 is 2.05 bits per heavy atom. The van der Waals surface area contributed by atoms with Crippen LogP contribution in [0.4, 0.5) is 5.69 Å². The van der Waals surface area contributed by atoms with Gasteiger partial charge in [-0.05, 0) is 26.0 Å². The number of quaternary nitrogens is 1. The number of para-hydroxylation sites is 1. The van der Waals surface area contributed by atoms with Crippen molar-refractivity contribution in [1.29, 1.82) is 5.26 Å². The quantitative estimate of drug-likeness (QED) is 0.827. The molecule has 0 saturated carbocycles. The van der Waals surface area contributed by atoms with Gasteiger partial charge in [0.1, 0.15) is 31.4 Å². The highest BCUT2D eigenvalue weighted by Crippen LogP contribution is 2.12. The fourth-order valence-corrected chi connectivity index (χ4v) is 2.64. The van der Waals surface area contributed by atoms with Gasteiger partial charge in [-0.15, -0.1) is 0 Å². The van der Waals surface area contributed by atoms with Crippen LogP contribution in [0.3, 0.4) is 0 Å². The molecule has 1 amide bonds. The van der Waals surface area contributed by atoms with Crippen molar-refractivity contribution in [2.24, 2.45) is 0 Å². The third-order valence-electron chi connectivity index (χ3n) is 3.35. The summed E-state index contributed by atoms with van der Waals surface area (Å²) in [6.45, 7) is 6.12. The number of amides is 1. The molecule has 0 bridgehead atoms. The van der Waals surface area contributed by atoms with Gasteiger partial charge in [-0.3, -0.25) is 4.79 Å². The third-order valence-corrected chi connectivity index (χ3v) is 3.35. The highest BCUT2D eigenvalue weighted by atomic mass is 16.5. The number of benzene rings is 1. The lowest BCUT2D eigenvalue weighted by Crippen LogP contribution is -3.16. The standard InChI is InChI=1S/C15H19N3O2/c1-11-8-18(9-12(2)20-11)10-15(19)17-14-6-4-3-5-13(14)7-16/h3-6,11-12H,8-10H2,1-2H3,(H,17,19)/p+1/t11-,12-/m1/s1. The predicted molar refractivity (Wildman–Crippen MR) is 75.4 cm³/mol. The predicted octanol–water partition coefficient (Wildman–Crippen LogP) is 0.189. The molecular weight excluding hydrogens is 254 g/mol. The Kier molecular flexibility index (Phi) is 4.72. The largest absolute Gasteiger partial charge is 0.364 e. The van der Waals surface area contributed by atoms with E-state index in [4.69, 9.17) is 10.00 Å². The average molecular weight is 274 g/mol. The van der Waals surface area contributed by atoms with Crippen molar-refractivity contribution in [2.75, 3.05) is 25.0 Å². The first-order valence-electron chi connectivity index (χ1n) is 6.86. The number of carbonyl (C=O) groups is 1. The number of nitrogens with one attached hydrogen (secondary N) is 2. The topological polar surface area (TPSA) is 66.6 Å². The summed E-state index contributed by atoms with van der Waals surface area (Å²) in [5.41, 5.74) is 1.06. The van der Waals surface area contributed by atoms with Crippen LogP contribution in [0.25, 0.3) is 0 Å². The summed E-state index contributed by atoms with van der Waals surface area (Å²) in [6.07, 6.45) is 0.348. The summed E-state index contributed by atoms with van der Waals surface area (Å²) in [7, 11) is 0. The molecule has 1 aliphatic rings. The van der Waals surface area contributed by atoms with Crippen molar-refractivity contribution in [2.45, 2.75) is 26.1 Å². The van der Waals surface area contributed by atoms with Gasteiger partial charge in [0.2, 0.25) is 0 Å². The van der Waals surface area contributed by atoms with Crippen molar-refractivity contribution < 1.29 is 14.4 Å². The molecule has 0 unspecified atom stereocenters. The minimum Gasteiger partial charge on any atom is -0.364 e. The van der Waals surface area contributed by atoms with Crippen molar-refractivity contribution in [3.8, 4) is 6.07 Å². The van der Waals surface area contributed by atoms with E-state index in [0.29, 0.717) is 17.8 Å². The molecular formula is C15H20N3O2+. The maximum absolute atomic E-state index is 12.1. The number of carbonyl (C=O) groups excluding carboxylic acids is 1. The summed E-state index contributed by atoms with van der Waals surface area (Å²) in [6, 6.07) is 9.11. The van der Waals surface area contributed by atoms with Crippen LogP contribution in [0, 0.1) is 11.3 Å². The fraction of sp³-hybridized carbons (Fsp3) is 0.467. The van der Waals surface area contributed by atoms with E-state index in [1.54, 1.807) is 18.2 Å². The first-order chi connectivity index (χ1) is 9.58. The maximum Gasteiger partial charge on any atom is 0.279 e. The second-order valence-corrected chi connectivity index (χ2v) is 5.30. The molecule has 5 heteroatoms. The van der Waals surface area contributed by atoms with Crippen LogP contribution >= 0.6 is 0 Å². The maximum atomic E-state index is 12.1. The zero-order valence-electron chi connectivity index (χ0n) is 11.8. The number of rotatable bonds is 3. The highest BCUT2D eigenvalue weighted by molar-refractivity contribution is 5.92. The van der Waals surface area contributed by atoms with Gasteiger partial charge in [-0.25, -0.2) is 0 Å². The van der Waals surface area contributed by atoms with E-state index in [0.717, 1.165) is 13.1 Å². The Bertz CT molecular complexity index is 514. The van der Waals surface area contributed by atoms with Crippen LogP contribution in [-0.2, 0) is 9.53 Å². The van der Waals surface area contributed by atoms with Gasteiger partial charge in [0, 0.05) is 0 Å². The smallest absolute Gasteiger partial charge is 0.279 e. The lowest BCUT2D eigenvalue weighted by atomic mass is 10.2. The number of nitrogens with zero attached hydrogens (tertiary/aromatic N) is 1. The summed E-state index contributed by atoms with van der Waals surface area (Å²) >= 11 is 0. The first kappa shape index (κ1) is 14.5. The van der Waals surface area contributed by atoms with E-state index < -0.39 is 0 Å². The van der Waals surface area contributed by atoms with Crippen LogP contribution in [-0.4, -0.2) is 37.7 Å². The Morgan fingerprint density at radius 3 is 2.70 bits per heavy atom. The Morgan fingerprint density at radius 1 is 1.40 bits per heavy atom. The molecule has 5 nitrogen and oxygen atoms in total. The molecule has 106 valence electrons. The zero-order chi connectivity index (χ0) is 14.5. The van der Waals surface area contributed by atoms with Gasteiger partial charge in [0.05, 0.1) is 11.3 Å². The van der Waals surface area contributed by atoms with Gasteiger partial charge < -0.3 is 15.0 Å². The van der Waals surface area contributed by atoms with E-state index >= 15 is 0 Å². The van der Waals surface area contributed by atoms with Gasteiger partial charge in [-0.2, -0.15) is 5.26 Å². The molecule has 2 N–H and O–H groups in total. The van der Waals surface area contributed by atoms with Crippen LogP contribution in [0.15, 0.2) is 24.3 Å². The van der Waals surface area contributed by atoms with E-state index in [9.17, 15) is 4.79 Å². The molecule has 0 radical (unpaired) electrons. The third kappa shape index (κ3) is 3.80. The van der Waals surface area contributed by atoms with Crippen LogP contribution < -0.4 is 10.2 Å². The van der Waals surface area contributed by atoms with Gasteiger partial charge in [0.15, 0.2) is 6.54 Å². The zero-order valence-corrected chi connectivity index (χ0v) is 11.8. The second-order valence-electron chi connectivity index (χ2n) is 5.30. The fourth-order valence-electron chi connectivity index (χ4n) is 2.64. The SMILES string of the molecule is C[C@@H]1C[NH+](CC(=O)Nc2ccccc2C#N)C[C@@H](C)O1. The van der Waals surface area contributed by atoms with Crippen molar-refractivity contribution >= 4 is 11.6 Å². The molecule has 2 atom stereocenters. The highest BCUT2D eigenvalue weighted by Gasteiger charge is 2.27. The minimum absolute atomic E-state index is 0.0657. The summed E-state index contributed by atoms with van der Waals surface area (Å²) < 4.78 is 5.66. The van der Waals surface area contributed by atoms with Crippen molar-refractivity contribution in [3.05, 3.63) is 29.8 Å². The van der Waals surface area contributed by atoms with Crippen molar-refractivity contribution in [1.82, 2.24) is 0 Å². The number of hydrogen-bond donors (Lipinski definition) is 2. The van der Waals surface area contributed by atoms with E-state index in [2.05, 4.69) is 11.4 Å². The first-order valence-corrected chi connectivity index (χ1v) is 6.86. The number of nitriles is 1. The monoisotopic (exact) mass is 274 g/mol. The van der Waals surface area contributed by atoms with E-state index in [1.165, 1.54) is 4.90 Å². The molecule has 0 aliphatic carbocycles. The number of hydrogen-bond acceptors (Lipinski definition) is 3. The molecule has 0 aromatic heterocycles. The van der Waals surface area contributed by atoms with E-state index in [1.807, 2.05) is 19.9 Å². The van der Waals surface area contributed by atoms with E-state index in [-0.39, 0.29) is 18.1 Å². The summed E-state index contributed by atoms with van der Waals surface area (Å²) in [5.74, 6) is -0.0657. The molecule has 1 aromatic carbocycles. The van der Waals surface area contributed by atoms with Gasteiger partial charge >= 0.3 is 0 Å². The van der Waals surface area contributed by atoms with Gasteiger partial charge in [0.25, 0.3) is 5.91 Å². The van der Waals surface area contributed by atoms with Crippen LogP contribution in [0.5, 0.6) is 0 Å². The molecule has 1 fully saturated rings. The minimum atomic E-state index is -0.0657. The molecule has 1 aliphatic heterocycles. The number of morpholine rings is 1. The second kappa shape index (κ2) is 6.51. The molecule has 1 aromatic rings. The lowest BCUT2D eigenvalue weighted by Gasteiger charge is -2.31. The van der Waals surface area contributed by atoms with Crippen LogP contribution in [0.1, 0.15) is 19.4 Å². The summed E-state index contributed by atoms with van der Waals surface area (Å²) in [5, 5.41) is 11.8. The Hall–Kier alpha value is -1.90. The molecule has 2 rings (SSSR count). The average Bonchev–Trinajstić information content (AvgIpc) is 2.37. The Balaban J connectivity index is 1.94. The molecule has 1 saturated heterocycles. The Labute approximate surface area is 119 Å². The molecule has 20 heavy (non-hydrogen) atoms. The summed E-state index contributed by atoms with van der Waals surface area (Å²) in [4.78, 5) is 13.3. The normalized spacial score (nSPS) is 25.8. The van der Waals surface area contributed by atoms with Crippen molar-refractivity contribution in [3.63, 3.8) is 0 Å². The number of anilines is 1. The molecule has 0 spiro atoms. The number of ether oxygens (including phenoxy) is 1.